The number of ether oxygens (including phenoxy) is 1. The monoisotopic (exact) mass is 300 g/mol. The van der Waals surface area contributed by atoms with Crippen LogP contribution < -0.4 is 10.1 Å². The van der Waals surface area contributed by atoms with Crippen molar-refractivity contribution in [3.63, 3.8) is 0 Å². The van der Waals surface area contributed by atoms with E-state index >= 15 is 0 Å². The fourth-order valence-electron chi connectivity index (χ4n) is 2.42. The van der Waals surface area contributed by atoms with Gasteiger partial charge in [-0.15, -0.1) is 0 Å². The molecule has 1 N–H and O–H groups in total. The van der Waals surface area contributed by atoms with E-state index in [4.69, 9.17) is 0 Å². The Balaban J connectivity index is 2.61. The van der Waals surface area contributed by atoms with E-state index in [1.165, 1.54) is 0 Å². The first kappa shape index (κ1) is 17.9. The van der Waals surface area contributed by atoms with Crippen LogP contribution in [0.1, 0.15) is 32.4 Å². The molecule has 1 unspecified atom stereocenters. The lowest BCUT2D eigenvalue weighted by Crippen LogP contribution is -2.38. The number of halogens is 2. The van der Waals surface area contributed by atoms with Gasteiger partial charge in [0, 0.05) is 19.1 Å². The Hall–Kier alpha value is -1.20. The third-order valence-corrected chi connectivity index (χ3v) is 3.21. The van der Waals surface area contributed by atoms with Gasteiger partial charge in [-0.05, 0) is 44.1 Å². The van der Waals surface area contributed by atoms with E-state index in [1.54, 1.807) is 18.2 Å². The number of hydrogen-bond donors (Lipinski definition) is 1. The van der Waals surface area contributed by atoms with Crippen LogP contribution >= 0.6 is 0 Å². The summed E-state index contributed by atoms with van der Waals surface area (Å²) in [5.41, 5.74) is 1.07. The van der Waals surface area contributed by atoms with Gasteiger partial charge in [0.05, 0.1) is 0 Å². The Labute approximate surface area is 126 Å². The molecule has 0 saturated carbocycles. The maximum Gasteiger partial charge on any atom is 0.387 e. The van der Waals surface area contributed by atoms with Gasteiger partial charge in [-0.25, -0.2) is 0 Å². The molecule has 0 aliphatic heterocycles. The standard InChI is InChI=1S/C16H26F2N2O/c1-12(19-10-16(2,3)11-20(4)5)13-7-6-8-14(9-13)21-15(17)18/h6-9,12,15,19H,10-11H2,1-5H3. The Morgan fingerprint density at radius 2 is 1.95 bits per heavy atom. The highest BCUT2D eigenvalue weighted by Gasteiger charge is 2.20. The first-order valence-electron chi connectivity index (χ1n) is 7.12. The first-order chi connectivity index (χ1) is 9.69. The summed E-state index contributed by atoms with van der Waals surface area (Å²) in [6, 6.07) is 6.92. The zero-order valence-electron chi connectivity index (χ0n) is 13.5. The molecule has 3 nitrogen and oxygen atoms in total. The summed E-state index contributed by atoms with van der Waals surface area (Å²) in [7, 11) is 4.10. The van der Waals surface area contributed by atoms with Crippen molar-refractivity contribution in [1.29, 1.82) is 0 Å². The second kappa shape index (κ2) is 7.71. The molecule has 120 valence electrons. The van der Waals surface area contributed by atoms with Crippen molar-refractivity contribution < 1.29 is 13.5 Å². The summed E-state index contributed by atoms with van der Waals surface area (Å²) < 4.78 is 28.9. The number of nitrogens with one attached hydrogen (secondary N) is 1. The van der Waals surface area contributed by atoms with E-state index in [1.807, 2.05) is 13.0 Å². The topological polar surface area (TPSA) is 24.5 Å². The molecule has 0 aliphatic carbocycles. The van der Waals surface area contributed by atoms with Crippen molar-refractivity contribution in [1.82, 2.24) is 10.2 Å². The van der Waals surface area contributed by atoms with E-state index in [0.717, 1.165) is 18.7 Å². The van der Waals surface area contributed by atoms with Gasteiger partial charge in [-0.2, -0.15) is 8.78 Å². The molecule has 0 bridgehead atoms. The number of hydrogen-bond acceptors (Lipinski definition) is 3. The van der Waals surface area contributed by atoms with Gasteiger partial charge in [0.15, 0.2) is 0 Å². The zero-order chi connectivity index (χ0) is 16.0. The number of nitrogens with zero attached hydrogens (tertiary/aromatic N) is 1. The van der Waals surface area contributed by atoms with Gasteiger partial charge >= 0.3 is 6.61 Å². The molecular formula is C16H26F2N2O. The highest BCUT2D eigenvalue weighted by Crippen LogP contribution is 2.22. The smallest absolute Gasteiger partial charge is 0.387 e. The molecule has 21 heavy (non-hydrogen) atoms. The third kappa shape index (κ3) is 6.87. The summed E-state index contributed by atoms with van der Waals surface area (Å²) in [6.45, 7) is 5.44. The summed E-state index contributed by atoms with van der Waals surface area (Å²) >= 11 is 0. The Morgan fingerprint density at radius 1 is 1.29 bits per heavy atom. The van der Waals surface area contributed by atoms with Crippen LogP contribution in [0.2, 0.25) is 0 Å². The van der Waals surface area contributed by atoms with Crippen molar-refractivity contribution in [3.05, 3.63) is 29.8 Å². The minimum absolute atomic E-state index is 0.0765. The fraction of sp³-hybridized carbons (Fsp3) is 0.625. The van der Waals surface area contributed by atoms with Crippen LogP contribution in [-0.4, -0.2) is 38.7 Å². The zero-order valence-corrected chi connectivity index (χ0v) is 13.5. The van der Waals surface area contributed by atoms with Crippen molar-refractivity contribution >= 4 is 0 Å². The summed E-state index contributed by atoms with van der Waals surface area (Å²) in [5.74, 6) is 0.198. The quantitative estimate of drug-likeness (QED) is 0.795. The van der Waals surface area contributed by atoms with Crippen LogP contribution in [-0.2, 0) is 0 Å². The van der Waals surface area contributed by atoms with Crippen LogP contribution in [0.5, 0.6) is 5.75 Å². The van der Waals surface area contributed by atoms with Crippen molar-refractivity contribution in [2.75, 3.05) is 27.2 Å². The van der Waals surface area contributed by atoms with E-state index < -0.39 is 6.61 Å². The minimum atomic E-state index is -2.79. The van der Waals surface area contributed by atoms with E-state index in [0.29, 0.717) is 0 Å². The van der Waals surface area contributed by atoms with Crippen LogP contribution in [0.4, 0.5) is 8.78 Å². The maximum atomic E-state index is 12.2. The second-order valence-corrected chi connectivity index (χ2v) is 6.46. The highest BCUT2D eigenvalue weighted by atomic mass is 19.3. The molecule has 0 heterocycles. The van der Waals surface area contributed by atoms with E-state index in [2.05, 4.69) is 42.9 Å². The number of alkyl halides is 2. The van der Waals surface area contributed by atoms with Gasteiger partial charge in [0.2, 0.25) is 0 Å². The van der Waals surface area contributed by atoms with Gasteiger partial charge in [0.25, 0.3) is 0 Å². The van der Waals surface area contributed by atoms with Crippen LogP contribution in [0.25, 0.3) is 0 Å². The molecule has 1 rings (SSSR count). The second-order valence-electron chi connectivity index (χ2n) is 6.46. The number of benzene rings is 1. The van der Waals surface area contributed by atoms with E-state index in [-0.39, 0.29) is 17.2 Å². The molecule has 0 spiro atoms. The average Bonchev–Trinajstić information content (AvgIpc) is 2.34. The molecule has 0 aliphatic rings. The van der Waals surface area contributed by atoms with Gasteiger partial charge in [-0.3, -0.25) is 0 Å². The van der Waals surface area contributed by atoms with Gasteiger partial charge < -0.3 is 15.0 Å². The molecule has 1 aromatic carbocycles. The minimum Gasteiger partial charge on any atom is -0.435 e. The molecule has 0 fully saturated rings. The van der Waals surface area contributed by atoms with Crippen molar-refractivity contribution in [2.45, 2.75) is 33.4 Å². The molecule has 1 atom stereocenters. The first-order valence-corrected chi connectivity index (χ1v) is 7.12. The molecule has 1 aromatic rings. The third-order valence-electron chi connectivity index (χ3n) is 3.21. The molecular weight excluding hydrogens is 274 g/mol. The maximum absolute atomic E-state index is 12.2. The summed E-state index contributed by atoms with van der Waals surface area (Å²) in [4.78, 5) is 2.16. The van der Waals surface area contributed by atoms with Crippen LogP contribution in [0.15, 0.2) is 24.3 Å². The summed E-state index contributed by atoms with van der Waals surface area (Å²) in [5, 5.41) is 3.46. The SMILES string of the molecule is CC(NCC(C)(C)CN(C)C)c1cccc(OC(F)F)c1. The fourth-order valence-corrected chi connectivity index (χ4v) is 2.42. The molecule has 0 radical (unpaired) electrons. The van der Waals surface area contributed by atoms with E-state index in [9.17, 15) is 8.78 Å². The van der Waals surface area contributed by atoms with Crippen LogP contribution in [0, 0.1) is 5.41 Å². The predicted octanol–water partition coefficient (Wildman–Crippen LogP) is 3.53. The molecule has 0 aromatic heterocycles. The lowest BCUT2D eigenvalue weighted by atomic mass is 9.92. The lowest BCUT2D eigenvalue weighted by molar-refractivity contribution is -0.0499. The predicted molar refractivity (Wildman–Crippen MR) is 81.8 cm³/mol. The number of rotatable bonds is 8. The van der Waals surface area contributed by atoms with Crippen molar-refractivity contribution in [3.8, 4) is 5.75 Å². The molecule has 5 heteroatoms. The van der Waals surface area contributed by atoms with Crippen LogP contribution in [0.3, 0.4) is 0 Å². The largest absolute Gasteiger partial charge is 0.435 e. The van der Waals surface area contributed by atoms with Gasteiger partial charge in [-0.1, -0.05) is 26.0 Å². The average molecular weight is 300 g/mol. The molecule has 0 saturated heterocycles. The normalized spacial score (nSPS) is 13.8. The molecule has 0 amide bonds. The summed E-state index contributed by atoms with van der Waals surface area (Å²) in [6.07, 6.45) is 0. The van der Waals surface area contributed by atoms with Crippen molar-refractivity contribution in [2.24, 2.45) is 5.41 Å². The highest BCUT2D eigenvalue weighted by molar-refractivity contribution is 5.30. The Kier molecular flexibility index (Phi) is 6.55. The Morgan fingerprint density at radius 3 is 2.52 bits per heavy atom. The lowest BCUT2D eigenvalue weighted by Gasteiger charge is -2.30. The Bertz CT molecular complexity index is 436. The van der Waals surface area contributed by atoms with Gasteiger partial charge in [0.1, 0.15) is 5.75 Å².